The third-order valence-electron chi connectivity index (χ3n) is 4.80. The number of non-ortho nitro benzene ring substituents is 1. The highest BCUT2D eigenvalue weighted by molar-refractivity contribution is 6.02. The minimum absolute atomic E-state index is 0.0000129. The Balaban J connectivity index is 1.32. The van der Waals surface area contributed by atoms with Crippen LogP contribution in [0.1, 0.15) is 27.4 Å². The predicted molar refractivity (Wildman–Crippen MR) is 117 cm³/mol. The summed E-state index contributed by atoms with van der Waals surface area (Å²) in [6, 6.07) is 13.4. The lowest BCUT2D eigenvalue weighted by atomic mass is 10.1. The number of alkyl halides is 3. The summed E-state index contributed by atoms with van der Waals surface area (Å²) < 4.78 is 51.0. The fraction of sp³-hybridized carbons (Fsp3) is 0.130. The highest BCUT2D eigenvalue weighted by atomic mass is 19.4. The van der Waals surface area contributed by atoms with Crippen LogP contribution >= 0.6 is 0 Å². The van der Waals surface area contributed by atoms with Crippen molar-refractivity contribution in [3.63, 3.8) is 0 Å². The van der Waals surface area contributed by atoms with Gasteiger partial charge in [-0.3, -0.25) is 19.6 Å². The summed E-state index contributed by atoms with van der Waals surface area (Å²) in [5.74, 6) is 0.211. The van der Waals surface area contributed by atoms with Gasteiger partial charge in [0, 0.05) is 18.3 Å². The molecular formula is C23H17F3N4O5. The van der Waals surface area contributed by atoms with E-state index < -0.39 is 22.6 Å². The van der Waals surface area contributed by atoms with Crippen LogP contribution in [0.15, 0.2) is 77.5 Å². The molecule has 2 aromatic heterocycles. The normalized spacial score (nSPS) is 11.3. The second-order valence-corrected chi connectivity index (χ2v) is 7.38. The maximum atomic E-state index is 12.9. The van der Waals surface area contributed by atoms with Gasteiger partial charge >= 0.3 is 6.18 Å². The van der Waals surface area contributed by atoms with Gasteiger partial charge < -0.3 is 14.5 Å². The number of nitro groups is 1. The Labute approximate surface area is 195 Å². The molecule has 0 fully saturated rings. The smallest absolute Gasteiger partial charge is 0.416 e. The molecule has 0 aliphatic carbocycles. The molecule has 35 heavy (non-hydrogen) atoms. The fourth-order valence-electron chi connectivity index (χ4n) is 3.14. The van der Waals surface area contributed by atoms with E-state index in [1.165, 1.54) is 53.5 Å². The van der Waals surface area contributed by atoms with E-state index >= 15 is 0 Å². The number of carbonyl (C=O) groups excluding carboxylic acids is 1. The molecule has 1 amide bonds. The van der Waals surface area contributed by atoms with Gasteiger partial charge in [0.1, 0.15) is 18.1 Å². The van der Waals surface area contributed by atoms with Crippen LogP contribution in [0.25, 0.3) is 0 Å². The highest BCUT2D eigenvalue weighted by Gasteiger charge is 2.30. The maximum Gasteiger partial charge on any atom is 0.416 e. The third-order valence-corrected chi connectivity index (χ3v) is 4.80. The molecule has 12 heteroatoms. The van der Waals surface area contributed by atoms with Crippen molar-refractivity contribution in [1.29, 1.82) is 0 Å². The summed E-state index contributed by atoms with van der Waals surface area (Å²) >= 11 is 0. The molecule has 2 heterocycles. The van der Waals surface area contributed by atoms with E-state index in [1.54, 1.807) is 12.1 Å². The van der Waals surface area contributed by atoms with E-state index in [1.807, 2.05) is 0 Å². The topological polar surface area (TPSA) is 112 Å². The van der Waals surface area contributed by atoms with Crippen LogP contribution in [0.2, 0.25) is 0 Å². The number of nitrogens with one attached hydrogen (secondary N) is 1. The number of halogens is 3. The second kappa shape index (κ2) is 9.71. The Morgan fingerprint density at radius 2 is 1.91 bits per heavy atom. The summed E-state index contributed by atoms with van der Waals surface area (Å²) in [6.07, 6.45) is -1.58. The highest BCUT2D eigenvalue weighted by Crippen LogP contribution is 2.29. The van der Waals surface area contributed by atoms with Crippen LogP contribution in [-0.4, -0.2) is 20.6 Å². The summed E-state index contributed by atoms with van der Waals surface area (Å²) in [6.45, 7) is 0.0880. The largest absolute Gasteiger partial charge is 0.486 e. The number of nitro benzene ring substituents is 1. The molecular weight excluding hydrogens is 469 g/mol. The Morgan fingerprint density at radius 3 is 2.63 bits per heavy atom. The molecule has 0 radical (unpaired) electrons. The number of amides is 1. The van der Waals surface area contributed by atoms with Crippen LogP contribution in [0.5, 0.6) is 5.75 Å². The molecule has 9 nitrogen and oxygen atoms in total. The van der Waals surface area contributed by atoms with Gasteiger partial charge in [0.2, 0.25) is 0 Å². The maximum absolute atomic E-state index is 12.9. The van der Waals surface area contributed by atoms with E-state index in [9.17, 15) is 28.1 Å². The Hall–Kier alpha value is -4.61. The van der Waals surface area contributed by atoms with Crippen LogP contribution in [0, 0.1) is 10.1 Å². The molecule has 0 spiro atoms. The number of carbonyl (C=O) groups is 1. The molecule has 2 aromatic carbocycles. The molecule has 0 bridgehead atoms. The molecule has 0 atom stereocenters. The average Bonchev–Trinajstić information content (AvgIpc) is 3.47. The van der Waals surface area contributed by atoms with Gasteiger partial charge in [-0.15, -0.1) is 0 Å². The van der Waals surface area contributed by atoms with E-state index in [4.69, 9.17) is 9.15 Å². The number of furan rings is 1. The first-order valence-electron chi connectivity index (χ1n) is 10.1. The van der Waals surface area contributed by atoms with Crippen LogP contribution in [0.3, 0.4) is 0 Å². The molecule has 4 rings (SSSR count). The molecule has 0 aliphatic heterocycles. The SMILES string of the molecule is O=C(Nc1cnn(Cc2cccc(C(F)(F)F)c2)c1)c1ccc(COc2ccc([N+](=O)[O-])cc2)o1. The fourth-order valence-corrected chi connectivity index (χ4v) is 3.14. The van der Waals surface area contributed by atoms with Gasteiger partial charge in [-0.05, 0) is 42.0 Å². The number of ether oxygens (including phenoxy) is 1. The summed E-state index contributed by atoms with van der Waals surface area (Å²) in [5.41, 5.74) is -0.0686. The van der Waals surface area contributed by atoms with Gasteiger partial charge in [0.15, 0.2) is 5.76 Å². The number of anilines is 1. The van der Waals surface area contributed by atoms with Gasteiger partial charge in [0.05, 0.1) is 28.9 Å². The van der Waals surface area contributed by atoms with Crippen molar-refractivity contribution in [3.8, 4) is 5.75 Å². The zero-order valence-corrected chi connectivity index (χ0v) is 17.9. The first-order valence-corrected chi connectivity index (χ1v) is 10.1. The van der Waals surface area contributed by atoms with Gasteiger partial charge in [-0.2, -0.15) is 18.3 Å². The molecule has 0 saturated carbocycles. The van der Waals surface area contributed by atoms with Crippen molar-refractivity contribution in [2.75, 3.05) is 5.32 Å². The molecule has 0 saturated heterocycles. The van der Waals surface area contributed by atoms with Crippen molar-refractivity contribution in [1.82, 2.24) is 9.78 Å². The van der Waals surface area contributed by atoms with Crippen LogP contribution < -0.4 is 10.1 Å². The van der Waals surface area contributed by atoms with Gasteiger partial charge in [0.25, 0.3) is 11.6 Å². The molecule has 4 aromatic rings. The molecule has 1 N–H and O–H groups in total. The minimum atomic E-state index is -4.44. The quantitative estimate of drug-likeness (QED) is 0.268. The number of hydrogen-bond donors (Lipinski definition) is 1. The Kier molecular flexibility index (Phi) is 6.53. The van der Waals surface area contributed by atoms with Crippen molar-refractivity contribution >= 4 is 17.3 Å². The van der Waals surface area contributed by atoms with Gasteiger partial charge in [-0.25, -0.2) is 0 Å². The first kappa shape index (κ1) is 23.5. The molecule has 180 valence electrons. The van der Waals surface area contributed by atoms with Crippen molar-refractivity contribution < 1.29 is 32.0 Å². The third kappa shape index (κ3) is 6.05. The van der Waals surface area contributed by atoms with Crippen LogP contribution in [0.4, 0.5) is 24.5 Å². The van der Waals surface area contributed by atoms with Crippen molar-refractivity contribution in [2.24, 2.45) is 0 Å². The Morgan fingerprint density at radius 1 is 1.14 bits per heavy atom. The van der Waals surface area contributed by atoms with Crippen molar-refractivity contribution in [3.05, 3.63) is 106 Å². The monoisotopic (exact) mass is 486 g/mol. The zero-order chi connectivity index (χ0) is 25.0. The number of benzene rings is 2. The summed E-state index contributed by atoms with van der Waals surface area (Å²) in [7, 11) is 0. The lowest BCUT2D eigenvalue weighted by molar-refractivity contribution is -0.384. The van der Waals surface area contributed by atoms with Crippen LogP contribution in [-0.2, 0) is 19.3 Å². The first-order chi connectivity index (χ1) is 16.7. The zero-order valence-electron chi connectivity index (χ0n) is 17.9. The number of aromatic nitrogens is 2. The lowest BCUT2D eigenvalue weighted by Gasteiger charge is -2.08. The van der Waals surface area contributed by atoms with Crippen molar-refractivity contribution in [2.45, 2.75) is 19.3 Å². The number of rotatable bonds is 8. The van der Waals surface area contributed by atoms with E-state index in [0.29, 0.717) is 22.8 Å². The standard InChI is InChI=1S/C23H17F3N4O5/c24-23(25,26)16-3-1-2-15(10-16)12-29-13-17(11-27-29)28-22(31)21-9-8-20(35-21)14-34-19-6-4-18(5-7-19)30(32)33/h1-11,13H,12,14H2,(H,28,31). The van der Waals surface area contributed by atoms with E-state index in [-0.39, 0.29) is 24.6 Å². The lowest BCUT2D eigenvalue weighted by Crippen LogP contribution is -2.10. The van der Waals surface area contributed by atoms with E-state index in [2.05, 4.69) is 10.4 Å². The number of nitrogens with zero attached hydrogens (tertiary/aromatic N) is 3. The van der Waals surface area contributed by atoms with Gasteiger partial charge in [-0.1, -0.05) is 12.1 Å². The predicted octanol–water partition coefficient (Wildman–Crippen LogP) is 5.28. The average molecular weight is 486 g/mol. The number of hydrogen-bond acceptors (Lipinski definition) is 6. The van der Waals surface area contributed by atoms with E-state index in [0.717, 1.165) is 12.1 Å². The minimum Gasteiger partial charge on any atom is -0.486 e. The molecule has 0 aliphatic rings. The summed E-state index contributed by atoms with van der Waals surface area (Å²) in [5, 5.41) is 17.4. The molecule has 0 unspecified atom stereocenters. The summed E-state index contributed by atoms with van der Waals surface area (Å²) in [4.78, 5) is 22.6. The Bertz CT molecular complexity index is 1350. The second-order valence-electron chi connectivity index (χ2n) is 7.38.